The third-order valence-electron chi connectivity index (χ3n) is 3.30. The summed E-state index contributed by atoms with van der Waals surface area (Å²) in [5.41, 5.74) is 8.23. The first kappa shape index (κ1) is 15.3. The zero-order chi connectivity index (χ0) is 14.5. The van der Waals surface area contributed by atoms with Crippen LogP contribution in [0.2, 0.25) is 10.0 Å². The Kier molecular flexibility index (Phi) is 5.44. The van der Waals surface area contributed by atoms with Crippen molar-refractivity contribution >= 4 is 23.2 Å². The van der Waals surface area contributed by atoms with E-state index in [1.165, 1.54) is 5.56 Å². The van der Waals surface area contributed by atoms with Crippen LogP contribution in [-0.4, -0.2) is 18.5 Å². The molecule has 0 bridgehead atoms. The maximum absolute atomic E-state index is 6.07. The van der Waals surface area contributed by atoms with Crippen molar-refractivity contribution in [3.8, 4) is 0 Å². The zero-order valence-electron chi connectivity index (χ0n) is 11.4. The molecule has 2 rings (SSSR count). The predicted molar refractivity (Wildman–Crippen MR) is 86.2 cm³/mol. The lowest BCUT2D eigenvalue weighted by Gasteiger charge is -2.27. The second-order valence-corrected chi connectivity index (χ2v) is 5.73. The minimum Gasteiger partial charge on any atom is -0.329 e. The lowest BCUT2D eigenvalue weighted by Crippen LogP contribution is -2.30. The van der Waals surface area contributed by atoms with Gasteiger partial charge in [-0.1, -0.05) is 53.5 Å². The summed E-state index contributed by atoms with van der Waals surface area (Å²) < 4.78 is 0. The highest BCUT2D eigenvalue weighted by Crippen LogP contribution is 2.26. The van der Waals surface area contributed by atoms with E-state index >= 15 is 0 Å². The maximum Gasteiger partial charge on any atom is 0.0472 e. The van der Waals surface area contributed by atoms with Crippen LogP contribution in [0.5, 0.6) is 0 Å². The van der Waals surface area contributed by atoms with Gasteiger partial charge in [0.25, 0.3) is 0 Å². The fourth-order valence-corrected chi connectivity index (χ4v) is 2.86. The van der Waals surface area contributed by atoms with E-state index in [-0.39, 0.29) is 6.04 Å². The summed E-state index contributed by atoms with van der Waals surface area (Å²) in [5.74, 6) is 0. The molecule has 20 heavy (non-hydrogen) atoms. The molecule has 2 N–H and O–H groups in total. The van der Waals surface area contributed by atoms with Crippen LogP contribution in [0.15, 0.2) is 48.5 Å². The van der Waals surface area contributed by atoms with Gasteiger partial charge in [-0.15, -0.1) is 0 Å². The highest BCUT2D eigenvalue weighted by molar-refractivity contribution is 6.34. The van der Waals surface area contributed by atoms with Gasteiger partial charge in [0.15, 0.2) is 0 Å². The Labute approximate surface area is 130 Å². The number of hydrogen-bond donors (Lipinski definition) is 1. The number of hydrogen-bond acceptors (Lipinski definition) is 2. The molecule has 0 aliphatic rings. The van der Waals surface area contributed by atoms with Crippen LogP contribution >= 0.6 is 23.2 Å². The largest absolute Gasteiger partial charge is 0.329 e. The first-order valence-corrected chi connectivity index (χ1v) is 7.26. The minimum atomic E-state index is 0.0893. The van der Waals surface area contributed by atoms with Crippen molar-refractivity contribution in [2.75, 3.05) is 13.6 Å². The molecule has 1 unspecified atom stereocenters. The Morgan fingerprint density at radius 1 is 1.05 bits per heavy atom. The average Bonchev–Trinajstić information content (AvgIpc) is 2.39. The number of rotatable bonds is 5. The molecular formula is C16H18Cl2N2. The van der Waals surface area contributed by atoms with Crippen molar-refractivity contribution in [2.24, 2.45) is 5.73 Å². The monoisotopic (exact) mass is 308 g/mol. The van der Waals surface area contributed by atoms with Gasteiger partial charge in [0, 0.05) is 29.2 Å². The molecule has 0 spiro atoms. The second-order valence-electron chi connectivity index (χ2n) is 4.85. The van der Waals surface area contributed by atoms with E-state index in [1.807, 2.05) is 30.3 Å². The van der Waals surface area contributed by atoms with E-state index in [1.54, 1.807) is 6.07 Å². The number of nitrogens with zero attached hydrogens (tertiary/aromatic N) is 1. The van der Waals surface area contributed by atoms with Crippen LogP contribution in [0, 0.1) is 0 Å². The second kappa shape index (κ2) is 7.09. The van der Waals surface area contributed by atoms with Crippen molar-refractivity contribution < 1.29 is 0 Å². The molecule has 0 aromatic heterocycles. The summed E-state index contributed by atoms with van der Waals surface area (Å²) in [6, 6.07) is 16.0. The van der Waals surface area contributed by atoms with E-state index in [9.17, 15) is 0 Å². The Balaban J connectivity index is 2.18. The molecule has 0 fully saturated rings. The molecular weight excluding hydrogens is 291 g/mol. The van der Waals surface area contributed by atoms with Crippen molar-refractivity contribution in [2.45, 2.75) is 12.6 Å². The third kappa shape index (κ3) is 3.97. The molecule has 2 aromatic rings. The number of halogens is 2. The number of benzene rings is 2. The molecule has 0 aliphatic carbocycles. The van der Waals surface area contributed by atoms with E-state index in [2.05, 4.69) is 24.1 Å². The van der Waals surface area contributed by atoms with E-state index in [0.717, 1.165) is 12.1 Å². The fraction of sp³-hybridized carbons (Fsp3) is 0.250. The summed E-state index contributed by atoms with van der Waals surface area (Å²) >= 11 is 12.1. The quantitative estimate of drug-likeness (QED) is 0.900. The smallest absolute Gasteiger partial charge is 0.0472 e. The lowest BCUT2D eigenvalue weighted by molar-refractivity contribution is 0.242. The Morgan fingerprint density at radius 2 is 1.65 bits per heavy atom. The van der Waals surface area contributed by atoms with E-state index in [0.29, 0.717) is 16.6 Å². The SMILES string of the molecule is CN(Cc1ccccc1)C(CN)c1cc(Cl)cc(Cl)c1. The fourth-order valence-electron chi connectivity index (χ4n) is 2.32. The molecule has 4 heteroatoms. The van der Waals surface area contributed by atoms with Gasteiger partial charge in [0.2, 0.25) is 0 Å². The molecule has 0 aliphatic heterocycles. The number of nitrogens with two attached hydrogens (primary N) is 1. The van der Waals surface area contributed by atoms with Crippen LogP contribution in [-0.2, 0) is 6.54 Å². The van der Waals surface area contributed by atoms with Gasteiger partial charge in [-0.05, 0) is 36.4 Å². The summed E-state index contributed by atoms with van der Waals surface area (Å²) in [6.45, 7) is 1.34. The molecule has 2 aromatic carbocycles. The van der Waals surface area contributed by atoms with Crippen LogP contribution in [0.4, 0.5) is 0 Å². The first-order valence-electron chi connectivity index (χ1n) is 6.50. The Bertz CT molecular complexity index is 537. The van der Waals surface area contributed by atoms with Gasteiger partial charge in [-0.25, -0.2) is 0 Å². The van der Waals surface area contributed by atoms with Gasteiger partial charge in [0.1, 0.15) is 0 Å². The molecule has 0 heterocycles. The molecule has 0 saturated carbocycles. The van der Waals surface area contributed by atoms with E-state index in [4.69, 9.17) is 28.9 Å². The molecule has 2 nitrogen and oxygen atoms in total. The van der Waals surface area contributed by atoms with Crippen LogP contribution in [0.25, 0.3) is 0 Å². The maximum atomic E-state index is 6.07. The van der Waals surface area contributed by atoms with Gasteiger partial charge in [0.05, 0.1) is 0 Å². The summed E-state index contributed by atoms with van der Waals surface area (Å²) in [5, 5.41) is 1.28. The molecule has 0 amide bonds. The van der Waals surface area contributed by atoms with Gasteiger partial charge >= 0.3 is 0 Å². The van der Waals surface area contributed by atoms with Crippen LogP contribution in [0.1, 0.15) is 17.2 Å². The average molecular weight is 309 g/mol. The Hall–Kier alpha value is -1.06. The molecule has 106 valence electrons. The highest BCUT2D eigenvalue weighted by atomic mass is 35.5. The summed E-state index contributed by atoms with van der Waals surface area (Å²) in [6.07, 6.45) is 0. The van der Waals surface area contributed by atoms with Gasteiger partial charge < -0.3 is 5.73 Å². The Morgan fingerprint density at radius 3 is 2.20 bits per heavy atom. The van der Waals surface area contributed by atoms with Crippen molar-refractivity contribution in [3.05, 3.63) is 69.7 Å². The lowest BCUT2D eigenvalue weighted by atomic mass is 10.0. The minimum absolute atomic E-state index is 0.0893. The van der Waals surface area contributed by atoms with Crippen molar-refractivity contribution in [1.29, 1.82) is 0 Å². The van der Waals surface area contributed by atoms with Crippen LogP contribution < -0.4 is 5.73 Å². The first-order chi connectivity index (χ1) is 9.60. The molecule has 1 atom stereocenters. The van der Waals surface area contributed by atoms with Crippen LogP contribution in [0.3, 0.4) is 0 Å². The standard InChI is InChI=1S/C16H18Cl2N2/c1-20(11-12-5-3-2-4-6-12)16(10-19)13-7-14(17)9-15(18)8-13/h2-9,16H,10-11,19H2,1H3. The van der Waals surface area contributed by atoms with Gasteiger partial charge in [-0.3, -0.25) is 4.90 Å². The predicted octanol–water partition coefficient (Wildman–Crippen LogP) is 4.13. The molecule has 0 radical (unpaired) electrons. The van der Waals surface area contributed by atoms with Gasteiger partial charge in [-0.2, -0.15) is 0 Å². The van der Waals surface area contributed by atoms with Crippen molar-refractivity contribution in [1.82, 2.24) is 4.90 Å². The topological polar surface area (TPSA) is 29.3 Å². The van der Waals surface area contributed by atoms with Crippen molar-refractivity contribution in [3.63, 3.8) is 0 Å². The summed E-state index contributed by atoms with van der Waals surface area (Å²) in [4.78, 5) is 2.21. The number of likely N-dealkylation sites (N-methyl/N-ethyl adjacent to an activating group) is 1. The summed E-state index contributed by atoms with van der Waals surface area (Å²) in [7, 11) is 2.05. The zero-order valence-corrected chi connectivity index (χ0v) is 12.9. The third-order valence-corrected chi connectivity index (χ3v) is 3.74. The molecule has 0 saturated heterocycles. The normalized spacial score (nSPS) is 12.7. The highest BCUT2D eigenvalue weighted by Gasteiger charge is 2.16. The van der Waals surface area contributed by atoms with E-state index < -0.39 is 0 Å².